The van der Waals surface area contributed by atoms with E-state index in [4.69, 9.17) is 16.1 Å². The molecule has 0 saturated heterocycles. The van der Waals surface area contributed by atoms with E-state index >= 15 is 0 Å². The van der Waals surface area contributed by atoms with Gasteiger partial charge >= 0.3 is 6.18 Å². The number of benzene rings is 1. The number of aromatic nitrogens is 2. The molecule has 0 radical (unpaired) electrons. The smallest absolute Gasteiger partial charge is 0.359 e. The highest BCUT2D eigenvalue weighted by atomic mass is 35.5. The van der Waals surface area contributed by atoms with E-state index in [-0.39, 0.29) is 17.2 Å². The van der Waals surface area contributed by atoms with Crippen LogP contribution < -0.4 is 5.32 Å². The Labute approximate surface area is 157 Å². The largest absolute Gasteiger partial charge is 0.433 e. The van der Waals surface area contributed by atoms with Crippen molar-refractivity contribution in [1.29, 1.82) is 0 Å². The molecule has 1 aromatic carbocycles. The summed E-state index contributed by atoms with van der Waals surface area (Å²) in [6.07, 6.45) is -3.50. The van der Waals surface area contributed by atoms with Crippen molar-refractivity contribution in [3.63, 3.8) is 0 Å². The minimum absolute atomic E-state index is 0.209. The predicted molar refractivity (Wildman–Crippen MR) is 92.1 cm³/mol. The second-order valence-corrected chi connectivity index (χ2v) is 6.18. The number of halogens is 4. The summed E-state index contributed by atoms with van der Waals surface area (Å²) in [6, 6.07) is 9.62. The number of carbonyl (C=O) groups is 1. The maximum absolute atomic E-state index is 12.8. The van der Waals surface area contributed by atoms with Gasteiger partial charge in [-0.15, -0.1) is 0 Å². The first-order chi connectivity index (χ1) is 12.7. The number of amides is 1. The summed E-state index contributed by atoms with van der Waals surface area (Å²) in [7, 11) is 0. The Morgan fingerprint density at radius 2 is 2.00 bits per heavy atom. The van der Waals surface area contributed by atoms with E-state index in [1.807, 2.05) is 0 Å². The number of alkyl halides is 3. The number of hydrogen-bond donors (Lipinski definition) is 1. The number of nitrogens with one attached hydrogen (secondary N) is 1. The fraction of sp³-hybridized carbons (Fsp3) is 0.167. The third-order valence-corrected chi connectivity index (χ3v) is 3.97. The number of carbonyl (C=O) groups excluding carboxylic acids is 1. The van der Waals surface area contributed by atoms with Crippen molar-refractivity contribution in [1.82, 2.24) is 15.5 Å². The summed E-state index contributed by atoms with van der Waals surface area (Å²) in [5.41, 5.74) is -0.229. The van der Waals surface area contributed by atoms with Gasteiger partial charge in [-0.2, -0.15) is 13.2 Å². The number of nitrogens with zero attached hydrogens (tertiary/aromatic N) is 2. The fourth-order valence-electron chi connectivity index (χ4n) is 2.36. The molecular weight excluding hydrogens is 383 g/mol. The second-order valence-electron chi connectivity index (χ2n) is 5.75. The molecule has 5 nitrogen and oxygen atoms in total. The lowest BCUT2D eigenvalue weighted by atomic mass is 10.1. The van der Waals surface area contributed by atoms with Crippen LogP contribution >= 0.6 is 11.6 Å². The molecule has 3 aromatic rings. The van der Waals surface area contributed by atoms with Crippen LogP contribution in [0.15, 0.2) is 53.2 Å². The normalized spacial score (nSPS) is 12.6. The van der Waals surface area contributed by atoms with Gasteiger partial charge in [-0.05, 0) is 37.3 Å². The predicted octanol–water partition coefficient (Wildman–Crippen LogP) is 4.90. The SMILES string of the molecule is C[C@@H](NC(=O)c1cccc(Cl)c1)c1cc(-c2ccnc(C(F)(F)F)c2)no1. The summed E-state index contributed by atoms with van der Waals surface area (Å²) in [5.74, 6) is -0.0723. The standard InChI is InChI=1S/C18H13ClF3N3O2/c1-10(24-17(26)12-3-2-4-13(19)7-12)15-9-14(25-27-15)11-5-6-23-16(8-11)18(20,21)22/h2-10H,1H3,(H,24,26)/t10-/m1/s1. The lowest BCUT2D eigenvalue weighted by Gasteiger charge is -2.10. The van der Waals surface area contributed by atoms with Crippen LogP contribution in [0.1, 0.15) is 34.8 Å². The molecular formula is C18H13ClF3N3O2. The Morgan fingerprint density at radius 3 is 2.70 bits per heavy atom. The van der Waals surface area contributed by atoms with Crippen molar-refractivity contribution in [2.24, 2.45) is 0 Å². The average molecular weight is 396 g/mol. The van der Waals surface area contributed by atoms with E-state index < -0.39 is 17.9 Å². The molecule has 0 aliphatic carbocycles. The molecule has 1 amide bonds. The van der Waals surface area contributed by atoms with E-state index in [9.17, 15) is 18.0 Å². The fourth-order valence-corrected chi connectivity index (χ4v) is 2.55. The van der Waals surface area contributed by atoms with E-state index in [1.165, 1.54) is 18.2 Å². The monoisotopic (exact) mass is 395 g/mol. The topological polar surface area (TPSA) is 68.0 Å². The van der Waals surface area contributed by atoms with Crippen LogP contribution in [0.3, 0.4) is 0 Å². The van der Waals surface area contributed by atoms with Gasteiger partial charge in [0.25, 0.3) is 5.91 Å². The molecule has 1 atom stereocenters. The summed E-state index contributed by atoms with van der Waals surface area (Å²) in [6.45, 7) is 1.67. The number of rotatable bonds is 4. The van der Waals surface area contributed by atoms with Gasteiger partial charge in [0.05, 0.1) is 6.04 Å². The highest BCUT2D eigenvalue weighted by Crippen LogP contribution is 2.30. The van der Waals surface area contributed by atoms with Gasteiger partial charge in [-0.25, -0.2) is 0 Å². The minimum Gasteiger partial charge on any atom is -0.359 e. The minimum atomic E-state index is -4.55. The molecule has 0 saturated carbocycles. The van der Waals surface area contributed by atoms with Gasteiger partial charge in [-0.3, -0.25) is 9.78 Å². The molecule has 0 spiro atoms. The van der Waals surface area contributed by atoms with Crippen molar-refractivity contribution in [3.05, 3.63) is 70.7 Å². The highest BCUT2D eigenvalue weighted by Gasteiger charge is 2.32. The molecule has 2 heterocycles. The Hall–Kier alpha value is -2.87. The van der Waals surface area contributed by atoms with E-state index in [1.54, 1.807) is 25.1 Å². The highest BCUT2D eigenvalue weighted by molar-refractivity contribution is 6.30. The van der Waals surface area contributed by atoms with Crippen LogP contribution in [0, 0.1) is 0 Å². The zero-order valence-corrected chi connectivity index (χ0v) is 14.7. The molecule has 2 aromatic heterocycles. The molecule has 0 aliphatic rings. The molecule has 0 unspecified atom stereocenters. The first-order valence-corrected chi connectivity index (χ1v) is 8.18. The average Bonchev–Trinajstić information content (AvgIpc) is 3.11. The third kappa shape index (κ3) is 4.46. The van der Waals surface area contributed by atoms with Crippen LogP contribution in [-0.2, 0) is 6.18 Å². The van der Waals surface area contributed by atoms with Crippen LogP contribution in [-0.4, -0.2) is 16.0 Å². The molecule has 0 fully saturated rings. The molecule has 27 heavy (non-hydrogen) atoms. The number of hydrogen-bond acceptors (Lipinski definition) is 4. The Bertz CT molecular complexity index is 972. The van der Waals surface area contributed by atoms with E-state index in [0.717, 1.165) is 12.3 Å². The zero-order chi connectivity index (χ0) is 19.6. The van der Waals surface area contributed by atoms with Gasteiger partial charge in [0.15, 0.2) is 5.76 Å². The van der Waals surface area contributed by atoms with Crippen LogP contribution in [0.25, 0.3) is 11.3 Å². The van der Waals surface area contributed by atoms with Gasteiger partial charge in [0.2, 0.25) is 0 Å². The third-order valence-electron chi connectivity index (χ3n) is 3.74. The summed E-state index contributed by atoms with van der Waals surface area (Å²) >= 11 is 5.86. The Kier molecular flexibility index (Phi) is 5.18. The maximum Gasteiger partial charge on any atom is 0.433 e. The van der Waals surface area contributed by atoms with Crippen molar-refractivity contribution in [3.8, 4) is 11.3 Å². The van der Waals surface area contributed by atoms with E-state index in [0.29, 0.717) is 16.3 Å². The zero-order valence-electron chi connectivity index (χ0n) is 13.9. The summed E-state index contributed by atoms with van der Waals surface area (Å²) in [5, 5.41) is 6.93. The molecule has 0 aliphatic heterocycles. The molecule has 3 rings (SSSR count). The van der Waals surface area contributed by atoms with Gasteiger partial charge in [0, 0.05) is 28.4 Å². The Balaban J connectivity index is 1.76. The second kappa shape index (κ2) is 7.40. The van der Waals surface area contributed by atoms with Crippen LogP contribution in [0.5, 0.6) is 0 Å². The maximum atomic E-state index is 12.8. The van der Waals surface area contributed by atoms with Crippen molar-refractivity contribution in [2.45, 2.75) is 19.1 Å². The summed E-state index contributed by atoms with van der Waals surface area (Å²) in [4.78, 5) is 15.6. The van der Waals surface area contributed by atoms with Crippen molar-refractivity contribution < 1.29 is 22.5 Å². The van der Waals surface area contributed by atoms with Gasteiger partial charge < -0.3 is 9.84 Å². The lowest BCUT2D eigenvalue weighted by Crippen LogP contribution is -2.26. The molecule has 9 heteroatoms. The van der Waals surface area contributed by atoms with Gasteiger partial charge in [-0.1, -0.05) is 22.8 Å². The van der Waals surface area contributed by atoms with Crippen molar-refractivity contribution in [2.75, 3.05) is 0 Å². The first kappa shape index (κ1) is 18.9. The lowest BCUT2D eigenvalue weighted by molar-refractivity contribution is -0.141. The van der Waals surface area contributed by atoms with Crippen LogP contribution in [0.4, 0.5) is 13.2 Å². The number of pyridine rings is 1. The quantitative estimate of drug-likeness (QED) is 0.682. The van der Waals surface area contributed by atoms with Gasteiger partial charge in [0.1, 0.15) is 11.4 Å². The Morgan fingerprint density at radius 1 is 1.22 bits per heavy atom. The molecule has 140 valence electrons. The first-order valence-electron chi connectivity index (χ1n) is 7.80. The van der Waals surface area contributed by atoms with Crippen LogP contribution in [0.2, 0.25) is 5.02 Å². The molecule has 0 bridgehead atoms. The van der Waals surface area contributed by atoms with E-state index in [2.05, 4.69) is 15.5 Å². The summed E-state index contributed by atoms with van der Waals surface area (Å²) < 4.78 is 43.5. The van der Waals surface area contributed by atoms with Crippen molar-refractivity contribution >= 4 is 17.5 Å². The molecule has 1 N–H and O–H groups in total.